The van der Waals surface area contributed by atoms with E-state index in [2.05, 4.69) is 0 Å². The number of para-hydroxylation sites is 1. The van der Waals surface area contributed by atoms with Gasteiger partial charge < -0.3 is 9.64 Å². The second-order valence-electron chi connectivity index (χ2n) is 6.22. The molecule has 3 rings (SSSR count). The van der Waals surface area contributed by atoms with Gasteiger partial charge in [-0.15, -0.1) is 0 Å². The number of esters is 1. The van der Waals surface area contributed by atoms with E-state index in [1.54, 1.807) is 4.90 Å². The molecule has 2 aromatic carbocycles. The van der Waals surface area contributed by atoms with Crippen LogP contribution in [-0.4, -0.2) is 39.2 Å². The van der Waals surface area contributed by atoms with Gasteiger partial charge in [-0.1, -0.05) is 24.3 Å². The molecule has 1 aliphatic heterocycles. The van der Waals surface area contributed by atoms with Crippen molar-refractivity contribution in [2.24, 2.45) is 0 Å². The number of sulfone groups is 1. The summed E-state index contributed by atoms with van der Waals surface area (Å²) in [7, 11) is -3.43. The summed E-state index contributed by atoms with van der Waals surface area (Å²) in [5.41, 5.74) is 2.01. The lowest BCUT2D eigenvalue weighted by atomic mass is 10.2. The zero-order chi connectivity index (χ0) is 18.9. The van der Waals surface area contributed by atoms with Gasteiger partial charge in [0.1, 0.15) is 0 Å². The lowest BCUT2D eigenvalue weighted by molar-refractivity contribution is -0.126. The maximum atomic E-state index is 12.7. The molecule has 1 heterocycles. The van der Waals surface area contributed by atoms with E-state index in [0.717, 1.165) is 23.9 Å². The second kappa shape index (κ2) is 6.92. The Balaban J connectivity index is 1.73. The van der Waals surface area contributed by atoms with Gasteiger partial charge in [0.15, 0.2) is 15.9 Å². The Hall–Kier alpha value is -2.67. The number of fused-ring (bicyclic) bond motifs is 1. The molecule has 0 spiro atoms. The van der Waals surface area contributed by atoms with Crippen LogP contribution in [0.2, 0.25) is 0 Å². The SMILES string of the molecule is C[C@H](OC(=O)c1cccc(S(C)(=O)=O)c1)C(=O)N1CCc2ccccc21. The molecular weight excluding hydrogens is 354 g/mol. The maximum absolute atomic E-state index is 12.7. The Bertz CT molecular complexity index is 967. The summed E-state index contributed by atoms with van der Waals surface area (Å²) in [6.45, 7) is 2.06. The van der Waals surface area contributed by atoms with Crippen LogP contribution in [0.5, 0.6) is 0 Å². The van der Waals surface area contributed by atoms with Gasteiger partial charge in [-0.25, -0.2) is 13.2 Å². The van der Waals surface area contributed by atoms with Crippen LogP contribution in [0.15, 0.2) is 53.4 Å². The van der Waals surface area contributed by atoms with E-state index in [9.17, 15) is 18.0 Å². The first kappa shape index (κ1) is 18.1. The van der Waals surface area contributed by atoms with Gasteiger partial charge in [0.2, 0.25) is 0 Å². The van der Waals surface area contributed by atoms with Crippen molar-refractivity contribution in [3.63, 3.8) is 0 Å². The number of benzene rings is 2. The fraction of sp³-hybridized carbons (Fsp3) is 0.263. The van der Waals surface area contributed by atoms with Gasteiger partial charge in [-0.2, -0.15) is 0 Å². The number of ether oxygens (including phenoxy) is 1. The molecule has 1 aliphatic rings. The fourth-order valence-electron chi connectivity index (χ4n) is 2.92. The highest BCUT2D eigenvalue weighted by atomic mass is 32.2. The summed E-state index contributed by atoms with van der Waals surface area (Å²) in [5.74, 6) is -1.04. The first-order valence-corrected chi connectivity index (χ1v) is 10.1. The van der Waals surface area contributed by atoms with Gasteiger partial charge >= 0.3 is 5.97 Å². The average molecular weight is 373 g/mol. The van der Waals surface area contributed by atoms with Gasteiger partial charge in [0.05, 0.1) is 10.5 Å². The topological polar surface area (TPSA) is 80.8 Å². The zero-order valence-corrected chi connectivity index (χ0v) is 15.3. The van der Waals surface area contributed by atoms with E-state index in [-0.39, 0.29) is 16.4 Å². The number of rotatable bonds is 4. The minimum Gasteiger partial charge on any atom is -0.449 e. The Labute approximate surface area is 152 Å². The number of hydrogen-bond acceptors (Lipinski definition) is 5. The molecule has 7 heteroatoms. The molecule has 0 aliphatic carbocycles. The molecule has 136 valence electrons. The summed E-state index contributed by atoms with van der Waals surface area (Å²) in [6.07, 6.45) is 0.850. The van der Waals surface area contributed by atoms with Crippen molar-refractivity contribution in [3.8, 4) is 0 Å². The van der Waals surface area contributed by atoms with E-state index >= 15 is 0 Å². The number of carbonyl (C=O) groups excluding carboxylic acids is 2. The number of anilines is 1. The molecule has 6 nitrogen and oxygen atoms in total. The minimum atomic E-state index is -3.43. The van der Waals surface area contributed by atoms with Crippen molar-refractivity contribution in [1.82, 2.24) is 0 Å². The predicted octanol–water partition coefficient (Wildman–Crippen LogP) is 2.22. The molecule has 0 saturated heterocycles. The maximum Gasteiger partial charge on any atom is 0.338 e. The summed E-state index contributed by atoms with van der Waals surface area (Å²) in [4.78, 5) is 26.6. The number of hydrogen-bond donors (Lipinski definition) is 0. The average Bonchev–Trinajstić information content (AvgIpc) is 3.04. The molecule has 0 aromatic heterocycles. The van der Waals surface area contributed by atoms with Crippen molar-refractivity contribution in [1.29, 1.82) is 0 Å². The number of carbonyl (C=O) groups is 2. The molecule has 0 unspecified atom stereocenters. The van der Waals surface area contributed by atoms with Crippen LogP contribution >= 0.6 is 0 Å². The van der Waals surface area contributed by atoms with E-state index in [1.165, 1.54) is 31.2 Å². The largest absolute Gasteiger partial charge is 0.449 e. The molecule has 2 aromatic rings. The summed E-state index contributed by atoms with van der Waals surface area (Å²) >= 11 is 0. The third kappa shape index (κ3) is 3.62. The number of nitrogens with zero attached hydrogens (tertiary/aromatic N) is 1. The molecular formula is C19H19NO5S. The summed E-state index contributed by atoms with van der Waals surface area (Å²) < 4.78 is 28.5. The molecule has 0 N–H and O–H groups in total. The highest BCUT2D eigenvalue weighted by Crippen LogP contribution is 2.28. The smallest absolute Gasteiger partial charge is 0.338 e. The normalized spacial score (nSPS) is 14.6. The van der Waals surface area contributed by atoms with Crippen molar-refractivity contribution in [3.05, 3.63) is 59.7 Å². The van der Waals surface area contributed by atoms with Gasteiger partial charge in [-0.05, 0) is 43.2 Å². The van der Waals surface area contributed by atoms with Crippen LogP contribution in [0.3, 0.4) is 0 Å². The third-order valence-corrected chi connectivity index (χ3v) is 5.39. The van der Waals surface area contributed by atoms with E-state index in [4.69, 9.17) is 4.74 Å². The Morgan fingerprint density at radius 2 is 1.85 bits per heavy atom. The van der Waals surface area contributed by atoms with Crippen LogP contribution in [0.4, 0.5) is 5.69 Å². The Kier molecular flexibility index (Phi) is 4.82. The van der Waals surface area contributed by atoms with Crippen LogP contribution in [0.1, 0.15) is 22.8 Å². The van der Waals surface area contributed by atoms with Gasteiger partial charge in [0.25, 0.3) is 5.91 Å². The minimum absolute atomic E-state index is 0.0272. The second-order valence-corrected chi connectivity index (χ2v) is 8.23. The highest BCUT2D eigenvalue weighted by molar-refractivity contribution is 7.90. The van der Waals surface area contributed by atoms with E-state index < -0.39 is 21.9 Å². The van der Waals surface area contributed by atoms with E-state index in [1.807, 2.05) is 24.3 Å². The van der Waals surface area contributed by atoms with Crippen molar-refractivity contribution in [2.75, 3.05) is 17.7 Å². The van der Waals surface area contributed by atoms with Crippen LogP contribution in [-0.2, 0) is 25.8 Å². The van der Waals surface area contributed by atoms with Gasteiger partial charge in [-0.3, -0.25) is 4.79 Å². The molecule has 0 bridgehead atoms. The Morgan fingerprint density at radius 3 is 2.58 bits per heavy atom. The first-order chi connectivity index (χ1) is 12.3. The van der Waals surface area contributed by atoms with E-state index in [0.29, 0.717) is 6.54 Å². The lowest BCUT2D eigenvalue weighted by Gasteiger charge is -2.21. The summed E-state index contributed by atoms with van der Waals surface area (Å²) in [6, 6.07) is 13.2. The molecule has 26 heavy (non-hydrogen) atoms. The van der Waals surface area contributed by atoms with Crippen molar-refractivity contribution >= 4 is 27.4 Å². The molecule has 0 saturated carbocycles. The molecule has 1 amide bonds. The van der Waals surface area contributed by atoms with Gasteiger partial charge in [0, 0.05) is 18.5 Å². The predicted molar refractivity (Wildman–Crippen MR) is 96.9 cm³/mol. The third-order valence-electron chi connectivity index (χ3n) is 4.28. The van der Waals surface area contributed by atoms with Crippen LogP contribution < -0.4 is 4.90 Å². The molecule has 0 radical (unpaired) electrons. The van der Waals surface area contributed by atoms with Crippen molar-refractivity contribution < 1.29 is 22.7 Å². The molecule has 1 atom stereocenters. The number of amides is 1. The lowest BCUT2D eigenvalue weighted by Crippen LogP contribution is -2.39. The Morgan fingerprint density at radius 1 is 1.12 bits per heavy atom. The monoisotopic (exact) mass is 373 g/mol. The summed E-state index contributed by atoms with van der Waals surface area (Å²) in [5, 5.41) is 0. The first-order valence-electron chi connectivity index (χ1n) is 8.18. The van der Waals surface area contributed by atoms with Crippen LogP contribution in [0, 0.1) is 0 Å². The standard InChI is InChI=1S/C19H19NO5S/c1-13(18(21)20-11-10-14-6-3-4-9-17(14)20)25-19(22)15-7-5-8-16(12-15)26(2,23)24/h3-9,12-13H,10-11H2,1-2H3/t13-/m0/s1. The van der Waals surface area contributed by atoms with Crippen molar-refractivity contribution in [2.45, 2.75) is 24.3 Å². The fourth-order valence-corrected chi connectivity index (χ4v) is 3.59. The zero-order valence-electron chi connectivity index (χ0n) is 14.5. The quantitative estimate of drug-likeness (QED) is 0.768. The highest BCUT2D eigenvalue weighted by Gasteiger charge is 2.30. The molecule has 0 fully saturated rings. The van der Waals surface area contributed by atoms with Crippen LogP contribution in [0.25, 0.3) is 0 Å².